The minimum atomic E-state index is -4.76. The number of aryl methyl sites for hydroxylation is 1. The first-order valence-electron chi connectivity index (χ1n) is 9.36. The molecule has 152 valence electrons. The van der Waals surface area contributed by atoms with Gasteiger partial charge in [0.15, 0.2) is 5.69 Å². The van der Waals surface area contributed by atoms with E-state index in [0.29, 0.717) is 17.6 Å². The van der Waals surface area contributed by atoms with Crippen LogP contribution in [0.3, 0.4) is 0 Å². The van der Waals surface area contributed by atoms with Gasteiger partial charge in [-0.1, -0.05) is 30.3 Å². The second-order valence-corrected chi connectivity index (χ2v) is 7.13. The van der Waals surface area contributed by atoms with Crippen molar-refractivity contribution in [1.29, 1.82) is 0 Å². The number of aromatic amines is 1. The van der Waals surface area contributed by atoms with Gasteiger partial charge < -0.3 is 9.88 Å². The molecule has 29 heavy (non-hydrogen) atoms. The highest BCUT2D eigenvalue weighted by atomic mass is 19.4. The summed E-state index contributed by atoms with van der Waals surface area (Å²) in [6, 6.07) is 7.95. The maximum absolute atomic E-state index is 13.7. The van der Waals surface area contributed by atoms with E-state index in [1.54, 1.807) is 23.1 Å². The third kappa shape index (κ3) is 3.30. The Morgan fingerprint density at radius 3 is 2.38 bits per heavy atom. The van der Waals surface area contributed by atoms with Gasteiger partial charge in [0.2, 0.25) is 0 Å². The molecule has 1 amide bonds. The number of amides is 1. The summed E-state index contributed by atoms with van der Waals surface area (Å²) in [6.07, 6.45) is -2.08. The molecular weight excluding hydrogens is 385 g/mol. The third-order valence-electron chi connectivity index (χ3n) is 5.16. The van der Waals surface area contributed by atoms with Crippen molar-refractivity contribution < 1.29 is 18.0 Å². The molecule has 0 atom stereocenters. The topological polar surface area (TPSA) is 70.5 Å². The van der Waals surface area contributed by atoms with Gasteiger partial charge in [-0.15, -0.1) is 0 Å². The molecule has 3 heterocycles. The normalized spacial score (nSPS) is 15.1. The lowest BCUT2D eigenvalue weighted by Crippen LogP contribution is -2.40. The van der Waals surface area contributed by atoms with Crippen molar-refractivity contribution in [3.8, 4) is 11.1 Å². The standard InChI is InChI=1S/C20H19F3N4O2/c1-12-14(18(28)26-10-6-3-7-11-26)19(29)27-17(24-12)15(13-8-4-2-5-9-13)16(25-27)20(21,22)23/h2,4-5,8-9,24H,3,6-7,10-11H2,1H3. The first kappa shape index (κ1) is 19.2. The van der Waals surface area contributed by atoms with Crippen LogP contribution in [-0.2, 0) is 6.18 Å². The Hall–Kier alpha value is -3.10. The van der Waals surface area contributed by atoms with Gasteiger partial charge in [-0.25, -0.2) is 0 Å². The lowest BCUT2D eigenvalue weighted by atomic mass is 10.1. The average Bonchev–Trinajstić information content (AvgIpc) is 3.09. The molecule has 1 saturated heterocycles. The molecule has 1 fully saturated rings. The number of nitrogens with zero attached hydrogens (tertiary/aromatic N) is 3. The monoisotopic (exact) mass is 404 g/mol. The number of benzene rings is 1. The van der Waals surface area contributed by atoms with E-state index < -0.39 is 23.3 Å². The van der Waals surface area contributed by atoms with Crippen LogP contribution < -0.4 is 5.56 Å². The molecule has 1 aliphatic rings. The molecule has 4 rings (SSSR count). The number of nitrogens with one attached hydrogen (secondary N) is 1. The summed E-state index contributed by atoms with van der Waals surface area (Å²) in [7, 11) is 0. The number of fused-ring (bicyclic) bond motifs is 1. The molecular formula is C20H19F3N4O2. The second kappa shape index (κ2) is 7.06. The number of rotatable bonds is 2. The van der Waals surface area contributed by atoms with Crippen LogP contribution >= 0.6 is 0 Å². The molecule has 0 bridgehead atoms. The van der Waals surface area contributed by atoms with Crippen molar-refractivity contribution in [3.63, 3.8) is 0 Å². The van der Waals surface area contributed by atoms with Gasteiger partial charge in [0.05, 0.1) is 5.56 Å². The Labute approximate surface area is 164 Å². The summed E-state index contributed by atoms with van der Waals surface area (Å²) in [5, 5.41) is 3.57. The minimum absolute atomic E-state index is 0.0822. The zero-order valence-electron chi connectivity index (χ0n) is 15.7. The van der Waals surface area contributed by atoms with Crippen molar-refractivity contribution in [1.82, 2.24) is 19.5 Å². The Kier molecular flexibility index (Phi) is 4.68. The maximum Gasteiger partial charge on any atom is 0.435 e. The molecule has 6 nitrogen and oxygen atoms in total. The summed E-state index contributed by atoms with van der Waals surface area (Å²) in [5.74, 6) is -0.476. The van der Waals surface area contributed by atoms with Crippen LogP contribution in [0.1, 0.15) is 41.0 Å². The van der Waals surface area contributed by atoms with E-state index in [0.717, 1.165) is 19.3 Å². The van der Waals surface area contributed by atoms with E-state index >= 15 is 0 Å². The predicted octanol–water partition coefficient (Wildman–Crippen LogP) is 3.64. The lowest BCUT2D eigenvalue weighted by molar-refractivity contribution is -0.140. The summed E-state index contributed by atoms with van der Waals surface area (Å²) in [5.41, 5.74) is -1.98. The smallest absolute Gasteiger partial charge is 0.342 e. The molecule has 0 radical (unpaired) electrons. The number of carbonyl (C=O) groups is 1. The number of alkyl halides is 3. The molecule has 2 aromatic heterocycles. The van der Waals surface area contributed by atoms with Crippen molar-refractivity contribution in [2.24, 2.45) is 0 Å². The van der Waals surface area contributed by atoms with Crippen molar-refractivity contribution in [3.05, 3.63) is 57.6 Å². The van der Waals surface area contributed by atoms with E-state index in [1.807, 2.05) is 0 Å². The fraction of sp³-hybridized carbons (Fsp3) is 0.350. The molecule has 1 N–H and O–H groups in total. The number of hydrogen-bond donors (Lipinski definition) is 1. The van der Waals surface area contributed by atoms with E-state index in [-0.39, 0.29) is 28.0 Å². The Bertz CT molecular complexity index is 1130. The molecule has 9 heteroatoms. The highest BCUT2D eigenvalue weighted by molar-refractivity contribution is 5.95. The number of likely N-dealkylation sites (tertiary alicyclic amines) is 1. The number of halogens is 3. The van der Waals surface area contributed by atoms with Gasteiger partial charge >= 0.3 is 6.18 Å². The highest BCUT2D eigenvalue weighted by Crippen LogP contribution is 2.38. The molecule has 0 spiro atoms. The van der Waals surface area contributed by atoms with Crippen LogP contribution in [-0.4, -0.2) is 38.5 Å². The number of H-pyrrole nitrogens is 1. The number of piperidine rings is 1. The fourth-order valence-corrected chi connectivity index (χ4v) is 3.77. The number of hydrogen-bond acceptors (Lipinski definition) is 3. The minimum Gasteiger partial charge on any atom is -0.342 e. The van der Waals surface area contributed by atoms with Gasteiger partial charge in [0, 0.05) is 18.8 Å². The van der Waals surface area contributed by atoms with Crippen molar-refractivity contribution in [2.75, 3.05) is 13.1 Å². The summed E-state index contributed by atoms with van der Waals surface area (Å²) < 4.78 is 41.7. The SMILES string of the molecule is Cc1[nH]c2c(-c3ccccc3)c(C(F)(F)F)nn2c(=O)c1C(=O)N1CCCCC1. The third-order valence-corrected chi connectivity index (χ3v) is 5.16. The number of aromatic nitrogens is 3. The van der Waals surface area contributed by atoms with Crippen molar-refractivity contribution in [2.45, 2.75) is 32.4 Å². The highest BCUT2D eigenvalue weighted by Gasteiger charge is 2.39. The lowest BCUT2D eigenvalue weighted by Gasteiger charge is -2.26. The Morgan fingerprint density at radius 2 is 1.76 bits per heavy atom. The first-order valence-corrected chi connectivity index (χ1v) is 9.36. The van der Waals surface area contributed by atoms with E-state index in [2.05, 4.69) is 10.1 Å². The molecule has 0 unspecified atom stereocenters. The number of carbonyl (C=O) groups excluding carboxylic acids is 1. The Balaban J connectivity index is 1.96. The quantitative estimate of drug-likeness (QED) is 0.709. The van der Waals surface area contributed by atoms with E-state index in [9.17, 15) is 22.8 Å². The van der Waals surface area contributed by atoms with Crippen LogP contribution in [0, 0.1) is 6.92 Å². The van der Waals surface area contributed by atoms with Crippen LogP contribution in [0.25, 0.3) is 16.8 Å². The van der Waals surface area contributed by atoms with Crippen LogP contribution in [0.2, 0.25) is 0 Å². The van der Waals surface area contributed by atoms with Gasteiger partial charge in [-0.2, -0.15) is 22.8 Å². The molecule has 3 aromatic rings. The van der Waals surface area contributed by atoms with Crippen LogP contribution in [0.5, 0.6) is 0 Å². The molecule has 0 aliphatic carbocycles. The molecule has 1 aliphatic heterocycles. The summed E-state index contributed by atoms with van der Waals surface area (Å²) in [4.78, 5) is 30.3. The van der Waals surface area contributed by atoms with Gasteiger partial charge in [-0.05, 0) is 31.7 Å². The predicted molar refractivity (Wildman–Crippen MR) is 101 cm³/mol. The largest absolute Gasteiger partial charge is 0.435 e. The summed E-state index contributed by atoms with van der Waals surface area (Å²) in [6.45, 7) is 2.57. The summed E-state index contributed by atoms with van der Waals surface area (Å²) >= 11 is 0. The second-order valence-electron chi connectivity index (χ2n) is 7.13. The zero-order valence-corrected chi connectivity index (χ0v) is 15.7. The van der Waals surface area contributed by atoms with Gasteiger partial charge in [-0.3, -0.25) is 9.59 Å². The van der Waals surface area contributed by atoms with E-state index in [1.165, 1.54) is 19.1 Å². The average molecular weight is 404 g/mol. The fourth-order valence-electron chi connectivity index (χ4n) is 3.77. The molecule has 0 saturated carbocycles. The van der Waals surface area contributed by atoms with E-state index in [4.69, 9.17) is 0 Å². The Morgan fingerprint density at radius 1 is 1.10 bits per heavy atom. The van der Waals surface area contributed by atoms with Crippen LogP contribution in [0.15, 0.2) is 35.1 Å². The zero-order chi connectivity index (χ0) is 20.8. The molecule has 1 aromatic carbocycles. The van der Waals surface area contributed by atoms with Crippen molar-refractivity contribution >= 4 is 11.6 Å². The maximum atomic E-state index is 13.7. The first-order chi connectivity index (χ1) is 13.8. The van der Waals surface area contributed by atoms with Gasteiger partial charge in [0.1, 0.15) is 11.2 Å². The van der Waals surface area contributed by atoms with Crippen LogP contribution in [0.4, 0.5) is 13.2 Å². The van der Waals surface area contributed by atoms with Gasteiger partial charge in [0.25, 0.3) is 11.5 Å².